The number of aromatic nitrogens is 2. The zero-order chi connectivity index (χ0) is 11.8. The Kier molecular flexibility index (Phi) is 4.43. The molecule has 0 saturated heterocycles. The van der Waals surface area contributed by atoms with Crippen molar-refractivity contribution in [3.63, 3.8) is 0 Å². The maximum atomic E-state index is 4.14. The van der Waals surface area contributed by atoms with Crippen molar-refractivity contribution in [1.29, 1.82) is 0 Å². The molecule has 17 heavy (non-hydrogen) atoms. The van der Waals surface area contributed by atoms with Crippen molar-refractivity contribution < 1.29 is 0 Å². The summed E-state index contributed by atoms with van der Waals surface area (Å²) in [7, 11) is 0. The maximum Gasteiger partial charge on any atom is 0.115 e. The SMILES string of the molecule is C(=C\c1ccccc1)/CNCc1ccncn1. The Morgan fingerprint density at radius 1 is 1.12 bits per heavy atom. The van der Waals surface area contributed by atoms with Crippen LogP contribution < -0.4 is 5.32 Å². The van der Waals surface area contributed by atoms with Gasteiger partial charge in [0.05, 0.1) is 5.69 Å². The van der Waals surface area contributed by atoms with Gasteiger partial charge in [0.15, 0.2) is 0 Å². The van der Waals surface area contributed by atoms with Gasteiger partial charge in [0.1, 0.15) is 6.33 Å². The summed E-state index contributed by atoms with van der Waals surface area (Å²) in [5.74, 6) is 0. The van der Waals surface area contributed by atoms with Gasteiger partial charge < -0.3 is 5.32 Å². The average Bonchev–Trinajstić information content (AvgIpc) is 2.41. The van der Waals surface area contributed by atoms with Crippen LogP contribution in [0.2, 0.25) is 0 Å². The fourth-order valence-electron chi connectivity index (χ4n) is 1.47. The van der Waals surface area contributed by atoms with Crippen molar-refractivity contribution in [1.82, 2.24) is 15.3 Å². The second-order valence-electron chi connectivity index (χ2n) is 3.64. The van der Waals surface area contributed by atoms with Crippen LogP contribution in [0.4, 0.5) is 0 Å². The van der Waals surface area contributed by atoms with E-state index in [0.29, 0.717) is 0 Å². The van der Waals surface area contributed by atoms with Crippen molar-refractivity contribution >= 4 is 6.08 Å². The highest BCUT2D eigenvalue weighted by Gasteiger charge is 1.90. The summed E-state index contributed by atoms with van der Waals surface area (Å²) in [6, 6.07) is 12.2. The van der Waals surface area contributed by atoms with Gasteiger partial charge in [0.2, 0.25) is 0 Å². The summed E-state index contributed by atoms with van der Waals surface area (Å²) in [6.45, 7) is 1.60. The first-order valence-electron chi connectivity index (χ1n) is 5.62. The maximum absolute atomic E-state index is 4.14. The monoisotopic (exact) mass is 225 g/mol. The first-order chi connectivity index (χ1) is 8.45. The Morgan fingerprint density at radius 3 is 2.76 bits per heavy atom. The van der Waals surface area contributed by atoms with Crippen molar-refractivity contribution in [2.24, 2.45) is 0 Å². The zero-order valence-electron chi connectivity index (χ0n) is 9.58. The molecule has 86 valence electrons. The molecule has 1 N–H and O–H groups in total. The fourth-order valence-corrected chi connectivity index (χ4v) is 1.47. The van der Waals surface area contributed by atoms with E-state index < -0.39 is 0 Å². The summed E-state index contributed by atoms with van der Waals surface area (Å²) in [5.41, 5.74) is 2.23. The minimum atomic E-state index is 0.766. The number of nitrogens with one attached hydrogen (secondary N) is 1. The highest BCUT2D eigenvalue weighted by Crippen LogP contribution is 2.00. The van der Waals surface area contributed by atoms with Crippen LogP contribution >= 0.6 is 0 Å². The smallest absolute Gasteiger partial charge is 0.115 e. The van der Waals surface area contributed by atoms with Crippen LogP contribution in [-0.2, 0) is 6.54 Å². The molecule has 0 atom stereocenters. The lowest BCUT2D eigenvalue weighted by atomic mass is 10.2. The average molecular weight is 225 g/mol. The number of hydrogen-bond acceptors (Lipinski definition) is 3. The Balaban J connectivity index is 1.72. The molecule has 3 nitrogen and oxygen atoms in total. The molecule has 0 radical (unpaired) electrons. The summed E-state index contributed by atoms with van der Waals surface area (Å²) in [6.07, 6.45) is 7.53. The Bertz CT molecular complexity index is 451. The molecule has 0 amide bonds. The van der Waals surface area contributed by atoms with E-state index in [1.165, 1.54) is 5.56 Å². The third kappa shape index (κ3) is 4.17. The third-order valence-electron chi connectivity index (χ3n) is 2.32. The number of benzene rings is 1. The van der Waals surface area contributed by atoms with Crippen LogP contribution in [-0.4, -0.2) is 16.5 Å². The first kappa shape index (κ1) is 11.5. The molecule has 0 aliphatic carbocycles. The lowest BCUT2D eigenvalue weighted by Crippen LogP contribution is -2.13. The highest BCUT2D eigenvalue weighted by molar-refractivity contribution is 5.48. The van der Waals surface area contributed by atoms with E-state index in [-0.39, 0.29) is 0 Å². The summed E-state index contributed by atoms with van der Waals surface area (Å²) < 4.78 is 0. The first-order valence-corrected chi connectivity index (χ1v) is 5.62. The Hall–Kier alpha value is -2.00. The van der Waals surface area contributed by atoms with Crippen LogP contribution in [0.25, 0.3) is 6.08 Å². The molecule has 2 aromatic rings. The van der Waals surface area contributed by atoms with Gasteiger partial charge in [0, 0.05) is 19.3 Å². The molecule has 1 heterocycles. The standard InChI is InChI=1S/C14H15N3/c1-2-5-13(6-3-1)7-4-9-15-11-14-8-10-16-12-17-14/h1-8,10,12,15H,9,11H2/b7-4+. The predicted octanol–water partition coefficient (Wildman–Crippen LogP) is 2.28. The van der Waals surface area contributed by atoms with E-state index in [0.717, 1.165) is 18.8 Å². The lowest BCUT2D eigenvalue weighted by molar-refractivity contribution is 0.738. The number of hydrogen-bond donors (Lipinski definition) is 1. The Labute approximate surface area is 101 Å². The van der Waals surface area contributed by atoms with Gasteiger partial charge in [-0.3, -0.25) is 0 Å². The normalized spacial score (nSPS) is 10.8. The fraction of sp³-hybridized carbons (Fsp3) is 0.143. The van der Waals surface area contributed by atoms with Crippen molar-refractivity contribution in [2.75, 3.05) is 6.54 Å². The van der Waals surface area contributed by atoms with Crippen molar-refractivity contribution in [3.8, 4) is 0 Å². The predicted molar refractivity (Wildman–Crippen MR) is 69.2 cm³/mol. The van der Waals surface area contributed by atoms with Crippen LogP contribution in [0, 0.1) is 0 Å². The molecular formula is C14H15N3. The Morgan fingerprint density at radius 2 is 2.00 bits per heavy atom. The molecule has 0 aliphatic heterocycles. The van der Waals surface area contributed by atoms with E-state index in [1.807, 2.05) is 24.3 Å². The van der Waals surface area contributed by atoms with Crippen LogP contribution in [0.5, 0.6) is 0 Å². The van der Waals surface area contributed by atoms with E-state index in [2.05, 4.69) is 39.6 Å². The molecule has 0 unspecified atom stereocenters. The number of nitrogens with zero attached hydrogens (tertiary/aromatic N) is 2. The molecule has 1 aromatic carbocycles. The van der Waals surface area contributed by atoms with Gasteiger partial charge in [-0.25, -0.2) is 9.97 Å². The van der Waals surface area contributed by atoms with Crippen LogP contribution in [0.1, 0.15) is 11.3 Å². The lowest BCUT2D eigenvalue weighted by Gasteiger charge is -1.99. The summed E-state index contributed by atoms with van der Waals surface area (Å²) in [5, 5.41) is 3.29. The summed E-state index contributed by atoms with van der Waals surface area (Å²) >= 11 is 0. The topological polar surface area (TPSA) is 37.8 Å². The van der Waals surface area contributed by atoms with Crippen LogP contribution in [0.3, 0.4) is 0 Å². The summed E-state index contributed by atoms with van der Waals surface area (Å²) in [4.78, 5) is 8.01. The van der Waals surface area contributed by atoms with Gasteiger partial charge in [-0.15, -0.1) is 0 Å². The van der Waals surface area contributed by atoms with E-state index in [1.54, 1.807) is 12.5 Å². The second kappa shape index (κ2) is 6.55. The molecule has 0 aliphatic rings. The molecule has 3 heteroatoms. The highest BCUT2D eigenvalue weighted by atomic mass is 14.9. The van der Waals surface area contributed by atoms with Gasteiger partial charge in [-0.05, 0) is 11.6 Å². The van der Waals surface area contributed by atoms with Gasteiger partial charge >= 0.3 is 0 Å². The van der Waals surface area contributed by atoms with Crippen LogP contribution in [0.15, 0.2) is 55.0 Å². The minimum absolute atomic E-state index is 0.766. The largest absolute Gasteiger partial charge is 0.308 e. The van der Waals surface area contributed by atoms with E-state index in [4.69, 9.17) is 0 Å². The van der Waals surface area contributed by atoms with Crippen molar-refractivity contribution in [3.05, 3.63) is 66.3 Å². The van der Waals surface area contributed by atoms with E-state index in [9.17, 15) is 0 Å². The molecular weight excluding hydrogens is 210 g/mol. The second-order valence-corrected chi connectivity index (χ2v) is 3.64. The molecule has 0 bridgehead atoms. The minimum Gasteiger partial charge on any atom is -0.308 e. The van der Waals surface area contributed by atoms with Crippen molar-refractivity contribution in [2.45, 2.75) is 6.54 Å². The molecule has 1 aromatic heterocycles. The zero-order valence-corrected chi connectivity index (χ0v) is 9.58. The molecule has 0 spiro atoms. The molecule has 2 rings (SSSR count). The third-order valence-corrected chi connectivity index (χ3v) is 2.32. The molecule has 0 fully saturated rings. The van der Waals surface area contributed by atoms with Gasteiger partial charge in [0.25, 0.3) is 0 Å². The number of rotatable bonds is 5. The van der Waals surface area contributed by atoms with E-state index >= 15 is 0 Å². The van der Waals surface area contributed by atoms with Gasteiger partial charge in [-0.2, -0.15) is 0 Å². The molecule has 0 saturated carbocycles. The van der Waals surface area contributed by atoms with Gasteiger partial charge in [-0.1, -0.05) is 42.5 Å². The quantitative estimate of drug-likeness (QED) is 0.793.